The topological polar surface area (TPSA) is 102 Å². The molecule has 0 saturated carbocycles. The molecule has 1 atom stereocenters. The Bertz CT molecular complexity index is 683. The van der Waals surface area contributed by atoms with Gasteiger partial charge in [0.1, 0.15) is 11.3 Å². The number of phenols is 1. The van der Waals surface area contributed by atoms with Crippen molar-refractivity contribution in [2.45, 2.75) is 58.1 Å². The molecule has 1 aliphatic rings. The second-order valence-corrected chi connectivity index (χ2v) is 7.32. The van der Waals surface area contributed by atoms with Gasteiger partial charge in [0.25, 0.3) is 0 Å². The highest BCUT2D eigenvalue weighted by Gasteiger charge is 2.54. The molecule has 26 heavy (non-hydrogen) atoms. The summed E-state index contributed by atoms with van der Waals surface area (Å²) in [6.45, 7) is 9.54. The number of carboxylic acid groups (broad SMARTS) is 1. The van der Waals surface area contributed by atoms with Gasteiger partial charge >= 0.3 is 19.1 Å². The zero-order valence-corrected chi connectivity index (χ0v) is 15.7. The Morgan fingerprint density at radius 2 is 1.77 bits per heavy atom. The average molecular weight is 364 g/mol. The van der Waals surface area contributed by atoms with Crippen LogP contribution in [0.4, 0.5) is 0 Å². The minimum atomic E-state index is -1.26. The number of rotatable bonds is 6. The Balaban J connectivity index is 2.41. The van der Waals surface area contributed by atoms with Crippen LogP contribution in [0, 0.1) is 0 Å². The Hall–Kier alpha value is -2.06. The van der Waals surface area contributed by atoms with Gasteiger partial charge < -0.3 is 24.3 Å². The Morgan fingerprint density at radius 1 is 1.19 bits per heavy atom. The summed E-state index contributed by atoms with van der Waals surface area (Å²) in [5.74, 6) is -2.61. The van der Waals surface area contributed by atoms with E-state index in [2.05, 4.69) is 0 Å². The molecule has 2 N–H and O–H groups in total. The van der Waals surface area contributed by atoms with Crippen LogP contribution in [-0.4, -0.2) is 47.1 Å². The van der Waals surface area contributed by atoms with E-state index in [-0.39, 0.29) is 24.3 Å². The quantitative estimate of drug-likeness (QED) is 0.591. The first-order valence-corrected chi connectivity index (χ1v) is 8.56. The van der Waals surface area contributed by atoms with Crippen molar-refractivity contribution < 1.29 is 33.8 Å². The fourth-order valence-corrected chi connectivity index (χ4v) is 2.78. The van der Waals surface area contributed by atoms with Crippen molar-refractivity contribution in [3.05, 3.63) is 29.3 Å². The number of carboxylic acids is 1. The molecule has 1 aromatic rings. The number of ether oxygens (including phenoxy) is 1. The molecule has 8 heteroatoms. The molecular formula is C18H25BO7. The van der Waals surface area contributed by atoms with Gasteiger partial charge in [-0.1, -0.05) is 6.07 Å². The third kappa shape index (κ3) is 4.02. The fourth-order valence-electron chi connectivity index (χ4n) is 2.78. The summed E-state index contributed by atoms with van der Waals surface area (Å²) in [4.78, 5) is 23.4. The van der Waals surface area contributed by atoms with Crippen LogP contribution < -0.4 is 0 Å². The predicted octanol–water partition coefficient (Wildman–Crippen LogP) is 2.76. The first-order chi connectivity index (χ1) is 12.0. The van der Waals surface area contributed by atoms with Gasteiger partial charge in [0.15, 0.2) is 0 Å². The summed E-state index contributed by atoms with van der Waals surface area (Å²) in [5, 5.41) is 19.0. The van der Waals surface area contributed by atoms with E-state index < -0.39 is 36.1 Å². The summed E-state index contributed by atoms with van der Waals surface area (Å²) in [6.07, 6.45) is -0.0332. The lowest BCUT2D eigenvalue weighted by molar-refractivity contribution is -0.143. The van der Waals surface area contributed by atoms with Crippen LogP contribution in [0.1, 0.15) is 62.8 Å². The Labute approximate surface area is 153 Å². The number of aromatic carboxylic acids is 1. The van der Waals surface area contributed by atoms with Crippen LogP contribution in [0.3, 0.4) is 0 Å². The van der Waals surface area contributed by atoms with Gasteiger partial charge in [-0.25, -0.2) is 4.79 Å². The highest BCUT2D eigenvalue weighted by molar-refractivity contribution is 6.48. The van der Waals surface area contributed by atoms with Gasteiger partial charge in [0.05, 0.1) is 24.2 Å². The maximum absolute atomic E-state index is 12.1. The molecule has 0 aromatic heterocycles. The third-order valence-electron chi connectivity index (χ3n) is 4.97. The monoisotopic (exact) mass is 364 g/mol. The van der Waals surface area contributed by atoms with Crippen molar-refractivity contribution in [1.29, 1.82) is 0 Å². The van der Waals surface area contributed by atoms with Gasteiger partial charge in [-0.15, -0.1) is 0 Å². The second kappa shape index (κ2) is 7.29. The summed E-state index contributed by atoms with van der Waals surface area (Å²) in [5.41, 5.74) is -0.923. The van der Waals surface area contributed by atoms with Crippen molar-refractivity contribution in [2.75, 3.05) is 6.61 Å². The molecular weight excluding hydrogens is 339 g/mol. The van der Waals surface area contributed by atoms with Crippen LogP contribution in [0.5, 0.6) is 5.75 Å². The minimum Gasteiger partial charge on any atom is -0.507 e. The first-order valence-electron chi connectivity index (χ1n) is 8.56. The zero-order chi connectivity index (χ0) is 19.7. The Morgan fingerprint density at radius 3 is 2.27 bits per heavy atom. The van der Waals surface area contributed by atoms with E-state index in [1.165, 1.54) is 12.1 Å². The van der Waals surface area contributed by atoms with Crippen molar-refractivity contribution in [2.24, 2.45) is 0 Å². The highest BCUT2D eigenvalue weighted by Crippen LogP contribution is 2.42. The van der Waals surface area contributed by atoms with Crippen molar-refractivity contribution in [3.63, 3.8) is 0 Å². The maximum atomic E-state index is 12.1. The van der Waals surface area contributed by atoms with Crippen LogP contribution in [0.25, 0.3) is 0 Å². The second-order valence-electron chi connectivity index (χ2n) is 7.32. The van der Waals surface area contributed by atoms with Gasteiger partial charge in [0.2, 0.25) is 0 Å². The number of carbonyl (C=O) groups is 2. The number of esters is 1. The van der Waals surface area contributed by atoms with E-state index in [0.717, 1.165) is 0 Å². The minimum absolute atomic E-state index is 0.0332. The van der Waals surface area contributed by atoms with Gasteiger partial charge in [-0.05, 0) is 52.3 Å². The third-order valence-corrected chi connectivity index (χ3v) is 4.97. The molecule has 1 unspecified atom stereocenters. The van der Waals surface area contributed by atoms with E-state index in [1.54, 1.807) is 13.0 Å². The number of carbonyl (C=O) groups excluding carboxylic acids is 1. The van der Waals surface area contributed by atoms with E-state index in [0.29, 0.717) is 5.56 Å². The molecule has 0 radical (unpaired) electrons. The molecule has 1 aromatic carbocycles. The van der Waals surface area contributed by atoms with Crippen LogP contribution in [0.15, 0.2) is 18.2 Å². The lowest BCUT2D eigenvalue weighted by Crippen LogP contribution is -2.41. The van der Waals surface area contributed by atoms with Crippen molar-refractivity contribution in [1.82, 2.24) is 0 Å². The summed E-state index contributed by atoms with van der Waals surface area (Å²) in [6, 6.07) is 4.20. The number of benzene rings is 1. The van der Waals surface area contributed by atoms with Crippen LogP contribution in [-0.2, 0) is 18.8 Å². The van der Waals surface area contributed by atoms with Gasteiger partial charge in [-0.2, -0.15) is 0 Å². The number of aromatic hydroxyl groups is 1. The number of hydrogen-bond acceptors (Lipinski definition) is 6. The molecule has 0 spiro atoms. The molecule has 0 bridgehead atoms. The van der Waals surface area contributed by atoms with E-state index in [4.69, 9.17) is 14.0 Å². The standard InChI is InChI=1S/C18H25BO7/c1-6-24-15(21)10-13(19-25-17(2,3)18(4,5)26-19)11-7-8-14(20)12(9-11)16(22)23/h7-9,13,20H,6,10H2,1-5H3,(H,22,23). The van der Waals surface area contributed by atoms with Crippen LogP contribution >= 0.6 is 0 Å². The smallest absolute Gasteiger partial charge is 0.466 e. The Kier molecular flexibility index (Phi) is 5.68. The van der Waals surface area contributed by atoms with Crippen LogP contribution in [0.2, 0.25) is 0 Å². The molecule has 7 nitrogen and oxygen atoms in total. The summed E-state index contributed by atoms with van der Waals surface area (Å²) in [7, 11) is -0.754. The summed E-state index contributed by atoms with van der Waals surface area (Å²) >= 11 is 0. The van der Waals surface area contributed by atoms with E-state index in [1.807, 2.05) is 27.7 Å². The largest absolute Gasteiger partial charge is 0.507 e. The lowest BCUT2D eigenvalue weighted by Gasteiger charge is -2.32. The normalized spacial score (nSPS) is 19.2. The molecule has 1 aliphatic heterocycles. The van der Waals surface area contributed by atoms with E-state index in [9.17, 15) is 19.8 Å². The zero-order valence-electron chi connectivity index (χ0n) is 15.7. The molecule has 142 valence electrons. The highest BCUT2D eigenvalue weighted by atomic mass is 16.7. The van der Waals surface area contributed by atoms with E-state index >= 15 is 0 Å². The molecule has 1 fully saturated rings. The van der Waals surface area contributed by atoms with Gasteiger partial charge in [-0.3, -0.25) is 4.79 Å². The van der Waals surface area contributed by atoms with Crippen molar-refractivity contribution in [3.8, 4) is 5.75 Å². The number of hydrogen-bond donors (Lipinski definition) is 2. The average Bonchev–Trinajstić information content (AvgIpc) is 2.73. The van der Waals surface area contributed by atoms with Crippen molar-refractivity contribution >= 4 is 19.1 Å². The fraction of sp³-hybridized carbons (Fsp3) is 0.556. The molecule has 2 rings (SSSR count). The SMILES string of the molecule is CCOC(=O)CC(B1OC(C)(C)C(C)(C)O1)c1ccc(O)c(C(=O)O)c1. The molecule has 0 amide bonds. The maximum Gasteiger partial charge on any atom is 0.466 e. The summed E-state index contributed by atoms with van der Waals surface area (Å²) < 4.78 is 17.1. The molecule has 1 heterocycles. The lowest BCUT2D eigenvalue weighted by atomic mass is 9.66. The predicted molar refractivity (Wildman–Crippen MR) is 95.1 cm³/mol. The molecule has 0 aliphatic carbocycles. The molecule has 1 saturated heterocycles. The van der Waals surface area contributed by atoms with Gasteiger partial charge in [0, 0.05) is 5.82 Å². The first kappa shape index (κ1) is 20.3.